The number of methoxy groups -OCH3 is 1. The van der Waals surface area contributed by atoms with Crippen LogP contribution in [0.1, 0.15) is 26.7 Å². The number of hydrogen-bond acceptors (Lipinski definition) is 3. The first-order chi connectivity index (χ1) is 8.63. The molecule has 0 bridgehead atoms. The van der Waals surface area contributed by atoms with Crippen molar-refractivity contribution in [1.29, 1.82) is 0 Å². The first-order valence-corrected chi connectivity index (χ1v) is 7.23. The maximum absolute atomic E-state index is 6.13. The number of nitrogens with zero attached hydrogens (tertiary/aromatic N) is 1. The van der Waals surface area contributed by atoms with E-state index in [1.165, 1.54) is 0 Å². The Kier molecular flexibility index (Phi) is 6.50. The first kappa shape index (κ1) is 15.3. The van der Waals surface area contributed by atoms with E-state index in [1.807, 2.05) is 12.1 Å². The van der Waals surface area contributed by atoms with Crippen molar-refractivity contribution in [3.05, 3.63) is 22.7 Å². The lowest BCUT2D eigenvalue weighted by Crippen LogP contribution is -2.37. The first-order valence-electron chi connectivity index (χ1n) is 6.44. The minimum absolute atomic E-state index is 0.503. The molecule has 0 heterocycles. The molecular weight excluding hydrogens is 292 g/mol. The van der Waals surface area contributed by atoms with Gasteiger partial charge in [0, 0.05) is 24.2 Å². The molecule has 1 rings (SSSR count). The molecule has 3 nitrogen and oxygen atoms in total. The van der Waals surface area contributed by atoms with E-state index in [1.54, 1.807) is 7.11 Å². The van der Waals surface area contributed by atoms with Gasteiger partial charge < -0.3 is 15.4 Å². The van der Waals surface area contributed by atoms with E-state index < -0.39 is 0 Å². The van der Waals surface area contributed by atoms with Gasteiger partial charge in [-0.15, -0.1) is 0 Å². The van der Waals surface area contributed by atoms with Gasteiger partial charge in [0.2, 0.25) is 0 Å². The number of nitrogen functional groups attached to an aromatic ring is 1. The molecule has 0 aliphatic rings. The summed E-state index contributed by atoms with van der Waals surface area (Å²) in [7, 11) is 1.73. The molecule has 0 amide bonds. The van der Waals surface area contributed by atoms with Crippen molar-refractivity contribution in [2.75, 3.05) is 30.9 Å². The lowest BCUT2D eigenvalue weighted by atomic mass is 10.1. The molecule has 2 N–H and O–H groups in total. The Morgan fingerprint density at radius 2 is 2.00 bits per heavy atom. The summed E-state index contributed by atoms with van der Waals surface area (Å²) in [4.78, 5) is 2.35. The van der Waals surface area contributed by atoms with E-state index in [-0.39, 0.29) is 0 Å². The topological polar surface area (TPSA) is 38.5 Å². The summed E-state index contributed by atoms with van der Waals surface area (Å²) in [5.41, 5.74) is 8.04. The number of anilines is 2. The predicted molar refractivity (Wildman–Crippen MR) is 82.1 cm³/mol. The lowest BCUT2D eigenvalue weighted by Gasteiger charge is -2.33. The fourth-order valence-corrected chi connectivity index (χ4v) is 2.58. The van der Waals surface area contributed by atoms with E-state index in [0.29, 0.717) is 12.6 Å². The molecule has 1 aromatic rings. The van der Waals surface area contributed by atoms with Gasteiger partial charge >= 0.3 is 0 Å². The van der Waals surface area contributed by atoms with Crippen LogP contribution in [0, 0.1) is 0 Å². The predicted octanol–water partition coefficient (Wildman–Crippen LogP) is 3.67. The molecular formula is C14H23BrN2O. The van der Waals surface area contributed by atoms with Gasteiger partial charge in [0.15, 0.2) is 0 Å². The fraction of sp³-hybridized carbons (Fsp3) is 0.571. The Morgan fingerprint density at radius 1 is 1.33 bits per heavy atom. The van der Waals surface area contributed by atoms with Crippen molar-refractivity contribution in [2.45, 2.75) is 32.7 Å². The van der Waals surface area contributed by atoms with Gasteiger partial charge in [-0.25, -0.2) is 0 Å². The van der Waals surface area contributed by atoms with Gasteiger partial charge in [0.05, 0.1) is 18.0 Å². The Bertz CT molecular complexity index is 367. The van der Waals surface area contributed by atoms with Crippen LogP contribution >= 0.6 is 15.9 Å². The number of nitrogens with two attached hydrogens (primary N) is 1. The quantitative estimate of drug-likeness (QED) is 0.780. The Morgan fingerprint density at radius 3 is 2.50 bits per heavy atom. The number of ether oxygens (including phenoxy) is 1. The number of rotatable bonds is 7. The molecule has 0 aromatic heterocycles. The summed E-state index contributed by atoms with van der Waals surface area (Å²) in [6.07, 6.45) is 2.21. The average molecular weight is 315 g/mol. The van der Waals surface area contributed by atoms with Gasteiger partial charge in [0.1, 0.15) is 0 Å². The van der Waals surface area contributed by atoms with E-state index >= 15 is 0 Å². The molecule has 0 aliphatic heterocycles. The van der Waals surface area contributed by atoms with Gasteiger partial charge in [-0.05, 0) is 31.0 Å². The monoisotopic (exact) mass is 314 g/mol. The van der Waals surface area contributed by atoms with E-state index in [9.17, 15) is 0 Å². The standard InChI is InChI=1S/C14H23BrN2O/c1-4-12(5-2)17(8-9-18-3)14-7-6-11(15)10-13(14)16/h6-7,10,12H,4-5,8-9,16H2,1-3H3. The summed E-state index contributed by atoms with van der Waals surface area (Å²) in [6.45, 7) is 6.01. The van der Waals surface area contributed by atoms with Crippen molar-refractivity contribution < 1.29 is 4.74 Å². The summed E-state index contributed by atoms with van der Waals surface area (Å²) in [6, 6.07) is 6.57. The highest BCUT2D eigenvalue weighted by atomic mass is 79.9. The van der Waals surface area contributed by atoms with Gasteiger partial charge in [0.25, 0.3) is 0 Å². The minimum Gasteiger partial charge on any atom is -0.397 e. The Balaban J connectivity index is 3.00. The number of benzene rings is 1. The highest BCUT2D eigenvalue weighted by Gasteiger charge is 2.17. The summed E-state index contributed by atoms with van der Waals surface area (Å²) >= 11 is 3.45. The number of hydrogen-bond donors (Lipinski definition) is 1. The SMILES string of the molecule is CCC(CC)N(CCOC)c1ccc(Br)cc1N. The highest BCUT2D eigenvalue weighted by Crippen LogP contribution is 2.29. The second-order valence-electron chi connectivity index (χ2n) is 4.36. The van der Waals surface area contributed by atoms with E-state index in [0.717, 1.165) is 35.2 Å². The third-order valence-corrected chi connectivity index (χ3v) is 3.71. The maximum Gasteiger partial charge on any atom is 0.0637 e. The molecule has 0 saturated carbocycles. The minimum atomic E-state index is 0.503. The van der Waals surface area contributed by atoms with Crippen molar-refractivity contribution >= 4 is 27.3 Å². The zero-order valence-corrected chi connectivity index (χ0v) is 13.0. The van der Waals surface area contributed by atoms with Crippen LogP contribution in [0.5, 0.6) is 0 Å². The Labute approximate surface area is 118 Å². The van der Waals surface area contributed by atoms with Crippen LogP contribution in [0.3, 0.4) is 0 Å². The highest BCUT2D eigenvalue weighted by molar-refractivity contribution is 9.10. The van der Waals surface area contributed by atoms with Crippen molar-refractivity contribution in [3.63, 3.8) is 0 Å². The van der Waals surface area contributed by atoms with Crippen LogP contribution in [-0.4, -0.2) is 26.3 Å². The molecule has 0 saturated heterocycles. The largest absolute Gasteiger partial charge is 0.397 e. The van der Waals surface area contributed by atoms with E-state index in [4.69, 9.17) is 10.5 Å². The molecule has 0 aliphatic carbocycles. The molecule has 0 atom stereocenters. The van der Waals surface area contributed by atoms with Crippen LogP contribution in [0.25, 0.3) is 0 Å². The zero-order valence-electron chi connectivity index (χ0n) is 11.4. The van der Waals surface area contributed by atoms with Crippen molar-refractivity contribution in [1.82, 2.24) is 0 Å². The van der Waals surface area contributed by atoms with Crippen LogP contribution in [0.15, 0.2) is 22.7 Å². The molecule has 102 valence electrons. The molecule has 0 unspecified atom stereocenters. The summed E-state index contributed by atoms with van der Waals surface area (Å²) in [5.74, 6) is 0. The van der Waals surface area contributed by atoms with Crippen molar-refractivity contribution in [2.24, 2.45) is 0 Å². The van der Waals surface area contributed by atoms with Crippen molar-refractivity contribution in [3.8, 4) is 0 Å². The Hall–Kier alpha value is -0.740. The summed E-state index contributed by atoms with van der Waals surface area (Å²) < 4.78 is 6.22. The smallest absolute Gasteiger partial charge is 0.0637 e. The molecule has 0 radical (unpaired) electrons. The molecule has 18 heavy (non-hydrogen) atoms. The summed E-state index contributed by atoms with van der Waals surface area (Å²) in [5, 5.41) is 0. The van der Waals surface area contributed by atoms with Gasteiger partial charge in [-0.3, -0.25) is 0 Å². The normalized spacial score (nSPS) is 10.9. The van der Waals surface area contributed by atoms with Crippen LogP contribution in [0.4, 0.5) is 11.4 Å². The molecule has 4 heteroatoms. The number of halogens is 1. The lowest BCUT2D eigenvalue weighted by molar-refractivity contribution is 0.202. The fourth-order valence-electron chi connectivity index (χ4n) is 2.21. The molecule has 0 fully saturated rings. The average Bonchev–Trinajstić information content (AvgIpc) is 2.35. The van der Waals surface area contributed by atoms with Gasteiger partial charge in [-0.1, -0.05) is 29.8 Å². The zero-order chi connectivity index (χ0) is 13.5. The maximum atomic E-state index is 6.13. The van der Waals surface area contributed by atoms with Crippen LogP contribution in [-0.2, 0) is 4.74 Å². The van der Waals surface area contributed by atoms with Crippen LogP contribution < -0.4 is 10.6 Å². The second-order valence-corrected chi connectivity index (χ2v) is 5.28. The molecule has 1 aromatic carbocycles. The van der Waals surface area contributed by atoms with Crippen LogP contribution in [0.2, 0.25) is 0 Å². The third kappa shape index (κ3) is 3.89. The van der Waals surface area contributed by atoms with E-state index in [2.05, 4.69) is 40.7 Å². The second kappa shape index (κ2) is 7.64. The molecule has 0 spiro atoms. The van der Waals surface area contributed by atoms with Gasteiger partial charge in [-0.2, -0.15) is 0 Å². The third-order valence-electron chi connectivity index (χ3n) is 3.22.